The maximum absolute atomic E-state index is 13.5. The highest BCUT2D eigenvalue weighted by molar-refractivity contribution is 5.22. The molecule has 1 aliphatic carbocycles. The number of benzene rings is 1. The Kier molecular flexibility index (Phi) is 3.24. The van der Waals surface area contributed by atoms with E-state index in [9.17, 15) is 13.9 Å². The lowest BCUT2D eigenvalue weighted by Crippen LogP contribution is -2.16. The number of halogens is 2. The molecule has 1 N–H and O–H groups in total. The second-order valence-corrected chi connectivity index (χ2v) is 4.68. The summed E-state index contributed by atoms with van der Waals surface area (Å²) in [4.78, 5) is 0. The van der Waals surface area contributed by atoms with Crippen molar-refractivity contribution in [2.75, 3.05) is 0 Å². The van der Waals surface area contributed by atoms with E-state index in [0.29, 0.717) is 5.92 Å². The van der Waals surface area contributed by atoms with E-state index in [-0.39, 0.29) is 11.5 Å². The minimum absolute atomic E-state index is 0.0521. The predicted octanol–water partition coefficient (Wildman–Crippen LogP) is 3.43. The highest BCUT2D eigenvalue weighted by Crippen LogP contribution is 2.40. The maximum Gasteiger partial charge on any atom is 0.129 e. The van der Waals surface area contributed by atoms with Gasteiger partial charge >= 0.3 is 0 Å². The molecule has 3 atom stereocenters. The molecule has 0 heterocycles. The number of rotatable bonds is 2. The van der Waals surface area contributed by atoms with Gasteiger partial charge in [0.25, 0.3) is 0 Å². The molecule has 0 amide bonds. The van der Waals surface area contributed by atoms with Crippen LogP contribution in [0.25, 0.3) is 0 Å². The average Bonchev–Trinajstić information content (AvgIpc) is 2.67. The zero-order valence-electron chi connectivity index (χ0n) is 9.29. The molecule has 1 fully saturated rings. The fourth-order valence-electron chi connectivity index (χ4n) is 2.62. The SMILES string of the molecule is CC1CCCC1C(O)c1cc(F)ccc1F. The van der Waals surface area contributed by atoms with E-state index in [1.807, 2.05) is 0 Å². The van der Waals surface area contributed by atoms with E-state index >= 15 is 0 Å². The van der Waals surface area contributed by atoms with Crippen LogP contribution >= 0.6 is 0 Å². The van der Waals surface area contributed by atoms with Crippen molar-refractivity contribution in [3.05, 3.63) is 35.4 Å². The molecule has 0 aliphatic heterocycles. The van der Waals surface area contributed by atoms with Gasteiger partial charge in [-0.15, -0.1) is 0 Å². The van der Waals surface area contributed by atoms with Gasteiger partial charge in [-0.3, -0.25) is 0 Å². The molecule has 0 aromatic heterocycles. The van der Waals surface area contributed by atoms with E-state index in [1.165, 1.54) is 0 Å². The first-order valence-electron chi connectivity index (χ1n) is 5.72. The van der Waals surface area contributed by atoms with Crippen molar-refractivity contribution in [3.63, 3.8) is 0 Å². The Balaban J connectivity index is 2.25. The zero-order chi connectivity index (χ0) is 11.7. The Hall–Kier alpha value is -0.960. The quantitative estimate of drug-likeness (QED) is 0.819. The Labute approximate surface area is 94.1 Å². The minimum Gasteiger partial charge on any atom is -0.388 e. The van der Waals surface area contributed by atoms with Gasteiger partial charge in [-0.1, -0.05) is 19.8 Å². The smallest absolute Gasteiger partial charge is 0.129 e. The first-order chi connectivity index (χ1) is 7.59. The van der Waals surface area contributed by atoms with Crippen molar-refractivity contribution in [1.29, 1.82) is 0 Å². The third-order valence-corrected chi connectivity index (χ3v) is 3.61. The van der Waals surface area contributed by atoms with Crippen LogP contribution in [0.2, 0.25) is 0 Å². The van der Waals surface area contributed by atoms with Gasteiger partial charge in [0, 0.05) is 5.56 Å². The topological polar surface area (TPSA) is 20.2 Å². The van der Waals surface area contributed by atoms with Crippen molar-refractivity contribution >= 4 is 0 Å². The molecular weight excluding hydrogens is 210 g/mol. The van der Waals surface area contributed by atoms with Crippen molar-refractivity contribution in [1.82, 2.24) is 0 Å². The molecule has 0 bridgehead atoms. The Morgan fingerprint density at radius 1 is 1.31 bits per heavy atom. The Morgan fingerprint density at radius 2 is 2.06 bits per heavy atom. The summed E-state index contributed by atoms with van der Waals surface area (Å²) in [7, 11) is 0. The normalized spacial score (nSPS) is 27.0. The first-order valence-corrected chi connectivity index (χ1v) is 5.72. The van der Waals surface area contributed by atoms with Crippen LogP contribution in [0.1, 0.15) is 37.9 Å². The van der Waals surface area contributed by atoms with Crippen LogP contribution in [0, 0.1) is 23.5 Å². The van der Waals surface area contributed by atoms with E-state index < -0.39 is 17.7 Å². The molecule has 16 heavy (non-hydrogen) atoms. The second kappa shape index (κ2) is 4.50. The zero-order valence-corrected chi connectivity index (χ0v) is 9.29. The van der Waals surface area contributed by atoms with Gasteiger partial charge in [0.1, 0.15) is 11.6 Å². The summed E-state index contributed by atoms with van der Waals surface area (Å²) in [5.74, 6) is -0.594. The van der Waals surface area contributed by atoms with Gasteiger partial charge in [0.05, 0.1) is 6.10 Å². The standard InChI is InChI=1S/C13H16F2O/c1-8-3-2-4-10(8)13(16)11-7-9(14)5-6-12(11)15/h5-8,10,13,16H,2-4H2,1H3. The monoisotopic (exact) mass is 226 g/mol. The van der Waals surface area contributed by atoms with Gasteiger partial charge in [-0.05, 0) is 36.5 Å². The molecule has 2 rings (SSSR count). The van der Waals surface area contributed by atoms with Crippen LogP contribution in [0.3, 0.4) is 0 Å². The largest absolute Gasteiger partial charge is 0.388 e. The van der Waals surface area contributed by atoms with Crippen molar-refractivity contribution in [2.24, 2.45) is 11.8 Å². The summed E-state index contributed by atoms with van der Waals surface area (Å²) >= 11 is 0. The predicted molar refractivity (Wildman–Crippen MR) is 57.8 cm³/mol. The van der Waals surface area contributed by atoms with E-state index in [4.69, 9.17) is 0 Å². The van der Waals surface area contributed by atoms with Gasteiger partial charge in [0.15, 0.2) is 0 Å². The highest BCUT2D eigenvalue weighted by atomic mass is 19.1. The van der Waals surface area contributed by atoms with Crippen molar-refractivity contribution in [2.45, 2.75) is 32.3 Å². The number of aliphatic hydroxyl groups is 1. The Morgan fingerprint density at radius 3 is 2.69 bits per heavy atom. The summed E-state index contributed by atoms with van der Waals surface area (Å²) in [6.45, 7) is 2.05. The molecule has 3 heteroatoms. The maximum atomic E-state index is 13.5. The third-order valence-electron chi connectivity index (χ3n) is 3.61. The molecule has 1 saturated carbocycles. The summed E-state index contributed by atoms with van der Waals surface area (Å²) in [5.41, 5.74) is 0.0961. The first kappa shape index (κ1) is 11.5. The molecule has 0 saturated heterocycles. The van der Waals surface area contributed by atoms with Crippen LogP contribution in [0.4, 0.5) is 8.78 Å². The Bertz CT molecular complexity index is 378. The van der Waals surface area contributed by atoms with E-state index in [0.717, 1.165) is 37.5 Å². The van der Waals surface area contributed by atoms with Crippen LogP contribution < -0.4 is 0 Å². The lowest BCUT2D eigenvalue weighted by Gasteiger charge is -2.22. The second-order valence-electron chi connectivity index (χ2n) is 4.68. The van der Waals surface area contributed by atoms with E-state index in [2.05, 4.69) is 6.92 Å². The van der Waals surface area contributed by atoms with Crippen LogP contribution in [-0.4, -0.2) is 5.11 Å². The minimum atomic E-state index is -0.881. The summed E-state index contributed by atoms with van der Waals surface area (Å²) in [5, 5.41) is 10.1. The molecular formula is C13H16F2O. The van der Waals surface area contributed by atoms with Gasteiger partial charge in [-0.25, -0.2) is 8.78 Å². The fourth-order valence-corrected chi connectivity index (χ4v) is 2.62. The summed E-state index contributed by atoms with van der Waals surface area (Å²) in [6.07, 6.45) is 2.12. The molecule has 0 radical (unpaired) electrons. The average molecular weight is 226 g/mol. The molecule has 1 aromatic rings. The number of hydrogen-bond donors (Lipinski definition) is 1. The van der Waals surface area contributed by atoms with E-state index in [1.54, 1.807) is 0 Å². The molecule has 1 aromatic carbocycles. The van der Waals surface area contributed by atoms with Crippen molar-refractivity contribution < 1.29 is 13.9 Å². The van der Waals surface area contributed by atoms with Crippen molar-refractivity contribution in [3.8, 4) is 0 Å². The molecule has 3 unspecified atom stereocenters. The fraction of sp³-hybridized carbons (Fsp3) is 0.538. The summed E-state index contributed by atoms with van der Waals surface area (Å²) in [6, 6.07) is 3.25. The molecule has 0 spiro atoms. The van der Waals surface area contributed by atoms with Gasteiger partial charge < -0.3 is 5.11 Å². The molecule has 1 aliphatic rings. The summed E-state index contributed by atoms with van der Waals surface area (Å²) < 4.78 is 26.5. The van der Waals surface area contributed by atoms with Crippen LogP contribution in [0.15, 0.2) is 18.2 Å². The number of hydrogen-bond acceptors (Lipinski definition) is 1. The molecule has 1 nitrogen and oxygen atoms in total. The van der Waals surface area contributed by atoms with Gasteiger partial charge in [-0.2, -0.15) is 0 Å². The number of aliphatic hydroxyl groups excluding tert-OH is 1. The van der Waals surface area contributed by atoms with Crippen LogP contribution in [-0.2, 0) is 0 Å². The lowest BCUT2D eigenvalue weighted by molar-refractivity contribution is 0.0863. The van der Waals surface area contributed by atoms with Crippen LogP contribution in [0.5, 0.6) is 0 Å². The highest BCUT2D eigenvalue weighted by Gasteiger charge is 2.32. The third kappa shape index (κ3) is 2.09. The molecule has 88 valence electrons. The lowest BCUT2D eigenvalue weighted by atomic mass is 9.88. The van der Waals surface area contributed by atoms with Gasteiger partial charge in [0.2, 0.25) is 0 Å².